The Morgan fingerprint density at radius 2 is 1.65 bits per heavy atom. The van der Waals surface area contributed by atoms with E-state index in [0.29, 0.717) is 24.9 Å². The Hall–Kier alpha value is -0.900. The molecule has 94 valence electrons. The van der Waals surface area contributed by atoms with Crippen molar-refractivity contribution in [3.8, 4) is 0 Å². The number of imide groups is 1. The van der Waals surface area contributed by atoms with Gasteiger partial charge in [-0.05, 0) is 50.5 Å². The van der Waals surface area contributed by atoms with Crippen molar-refractivity contribution in [3.05, 3.63) is 0 Å². The summed E-state index contributed by atoms with van der Waals surface area (Å²) in [6, 6.07) is 0. The van der Waals surface area contributed by atoms with Crippen LogP contribution >= 0.6 is 0 Å². The molecule has 2 N–H and O–H groups in total. The van der Waals surface area contributed by atoms with Gasteiger partial charge in [0.05, 0.1) is 11.8 Å². The Morgan fingerprint density at radius 3 is 2.18 bits per heavy atom. The fourth-order valence-electron chi connectivity index (χ4n) is 4.11. The van der Waals surface area contributed by atoms with E-state index >= 15 is 0 Å². The Bertz CT molecular complexity index is 327. The van der Waals surface area contributed by atoms with Crippen molar-refractivity contribution < 1.29 is 9.59 Å². The number of carbonyl (C=O) groups excluding carboxylic acids is 2. The number of amides is 2. The summed E-state index contributed by atoms with van der Waals surface area (Å²) in [6.07, 6.45) is 5.16. The second-order valence-corrected chi connectivity index (χ2v) is 5.71. The van der Waals surface area contributed by atoms with Gasteiger partial charge in [-0.1, -0.05) is 0 Å². The lowest BCUT2D eigenvalue weighted by Gasteiger charge is -2.19. The fraction of sp³-hybridized carbons (Fsp3) is 0.846. The predicted octanol–water partition coefficient (Wildman–Crippen LogP) is 0.756. The van der Waals surface area contributed by atoms with E-state index in [1.807, 2.05) is 0 Å². The van der Waals surface area contributed by atoms with E-state index in [1.165, 1.54) is 4.90 Å². The van der Waals surface area contributed by atoms with Crippen LogP contribution in [0, 0.1) is 23.7 Å². The molecule has 4 nitrogen and oxygen atoms in total. The zero-order valence-corrected chi connectivity index (χ0v) is 10.1. The fourth-order valence-corrected chi connectivity index (χ4v) is 4.11. The van der Waals surface area contributed by atoms with E-state index in [-0.39, 0.29) is 23.7 Å². The molecule has 2 amide bonds. The topological polar surface area (TPSA) is 63.4 Å². The number of nitrogens with two attached hydrogens (primary N) is 1. The molecule has 0 radical (unpaired) electrons. The van der Waals surface area contributed by atoms with Crippen LogP contribution in [0.25, 0.3) is 0 Å². The van der Waals surface area contributed by atoms with Gasteiger partial charge in [-0.2, -0.15) is 0 Å². The molecule has 1 saturated heterocycles. The van der Waals surface area contributed by atoms with Gasteiger partial charge in [-0.3, -0.25) is 14.5 Å². The summed E-state index contributed by atoms with van der Waals surface area (Å²) in [4.78, 5) is 26.0. The number of likely N-dealkylation sites (tertiary alicyclic amines) is 1. The molecule has 2 aliphatic carbocycles. The van der Waals surface area contributed by atoms with Gasteiger partial charge < -0.3 is 5.73 Å². The first kappa shape index (κ1) is 11.2. The molecule has 17 heavy (non-hydrogen) atoms. The van der Waals surface area contributed by atoms with E-state index in [1.54, 1.807) is 0 Å². The third kappa shape index (κ3) is 1.53. The van der Waals surface area contributed by atoms with Crippen LogP contribution in [0.15, 0.2) is 0 Å². The number of unbranched alkanes of at least 4 members (excludes halogenated alkanes) is 1. The van der Waals surface area contributed by atoms with Crippen molar-refractivity contribution in [2.45, 2.75) is 32.1 Å². The molecule has 2 bridgehead atoms. The Kier molecular flexibility index (Phi) is 2.69. The van der Waals surface area contributed by atoms with Crippen LogP contribution in [-0.4, -0.2) is 29.8 Å². The molecule has 0 aromatic rings. The van der Waals surface area contributed by atoms with Crippen molar-refractivity contribution in [2.75, 3.05) is 13.1 Å². The molecule has 4 atom stereocenters. The minimum atomic E-state index is 0.0409. The molecule has 4 heteroatoms. The third-order valence-corrected chi connectivity index (χ3v) is 4.85. The summed E-state index contributed by atoms with van der Waals surface area (Å²) in [5, 5.41) is 0. The first-order chi connectivity index (χ1) is 8.24. The lowest BCUT2D eigenvalue weighted by atomic mass is 9.81. The summed E-state index contributed by atoms with van der Waals surface area (Å²) >= 11 is 0. The number of carbonyl (C=O) groups is 2. The highest BCUT2D eigenvalue weighted by Gasteiger charge is 2.60. The lowest BCUT2D eigenvalue weighted by Crippen LogP contribution is -2.33. The van der Waals surface area contributed by atoms with Gasteiger partial charge in [0.15, 0.2) is 0 Å². The number of rotatable bonds is 4. The van der Waals surface area contributed by atoms with Gasteiger partial charge in [0.1, 0.15) is 0 Å². The Labute approximate surface area is 102 Å². The molecule has 0 spiro atoms. The molecule has 0 aromatic heterocycles. The highest BCUT2D eigenvalue weighted by atomic mass is 16.2. The molecular weight excluding hydrogens is 216 g/mol. The average Bonchev–Trinajstić information content (AvgIpc) is 2.97. The first-order valence-electron chi connectivity index (χ1n) is 6.79. The molecular formula is C13H20N2O2. The Balaban J connectivity index is 1.72. The van der Waals surface area contributed by atoms with Crippen LogP contribution in [0.4, 0.5) is 0 Å². The highest BCUT2D eigenvalue weighted by molar-refractivity contribution is 6.06. The maximum absolute atomic E-state index is 12.3. The van der Waals surface area contributed by atoms with Crippen LogP contribution in [0.1, 0.15) is 32.1 Å². The molecule has 4 unspecified atom stereocenters. The van der Waals surface area contributed by atoms with Gasteiger partial charge in [-0.25, -0.2) is 0 Å². The molecule has 1 heterocycles. The van der Waals surface area contributed by atoms with Crippen LogP contribution in [0.2, 0.25) is 0 Å². The number of nitrogens with zero attached hydrogens (tertiary/aromatic N) is 1. The van der Waals surface area contributed by atoms with Crippen molar-refractivity contribution >= 4 is 11.8 Å². The molecule has 0 aromatic carbocycles. The van der Waals surface area contributed by atoms with E-state index in [9.17, 15) is 9.59 Å². The SMILES string of the molecule is NCCCCN1C(=O)C2C3CCC(C3)C2C1=O. The lowest BCUT2D eigenvalue weighted by molar-refractivity contribution is -0.140. The molecule has 1 aliphatic heterocycles. The van der Waals surface area contributed by atoms with Gasteiger partial charge >= 0.3 is 0 Å². The zero-order valence-electron chi connectivity index (χ0n) is 10.1. The van der Waals surface area contributed by atoms with Crippen LogP contribution in [-0.2, 0) is 9.59 Å². The van der Waals surface area contributed by atoms with Crippen molar-refractivity contribution in [1.29, 1.82) is 0 Å². The minimum absolute atomic E-state index is 0.0409. The number of fused-ring (bicyclic) bond motifs is 5. The smallest absolute Gasteiger partial charge is 0.233 e. The quantitative estimate of drug-likeness (QED) is 0.579. The number of hydrogen-bond donors (Lipinski definition) is 1. The van der Waals surface area contributed by atoms with Gasteiger partial charge in [-0.15, -0.1) is 0 Å². The molecule has 2 saturated carbocycles. The van der Waals surface area contributed by atoms with Crippen LogP contribution in [0.5, 0.6) is 0 Å². The Morgan fingerprint density at radius 1 is 1.06 bits per heavy atom. The standard InChI is InChI=1S/C13H20N2O2/c14-5-1-2-6-15-12(16)10-8-3-4-9(7-8)11(10)13(15)17/h8-11H,1-7,14H2. The largest absolute Gasteiger partial charge is 0.330 e. The van der Waals surface area contributed by atoms with Crippen LogP contribution in [0.3, 0.4) is 0 Å². The minimum Gasteiger partial charge on any atom is -0.330 e. The first-order valence-corrected chi connectivity index (χ1v) is 6.79. The van der Waals surface area contributed by atoms with Crippen molar-refractivity contribution in [1.82, 2.24) is 4.90 Å². The van der Waals surface area contributed by atoms with Gasteiger partial charge in [0.25, 0.3) is 0 Å². The normalized spacial score (nSPS) is 39.2. The van der Waals surface area contributed by atoms with E-state index in [0.717, 1.165) is 32.1 Å². The third-order valence-electron chi connectivity index (χ3n) is 4.85. The highest BCUT2D eigenvalue weighted by Crippen LogP contribution is 2.56. The molecule has 3 rings (SSSR count). The summed E-state index contributed by atoms with van der Waals surface area (Å²) in [5.41, 5.74) is 5.44. The average molecular weight is 236 g/mol. The maximum Gasteiger partial charge on any atom is 0.233 e. The van der Waals surface area contributed by atoms with E-state index < -0.39 is 0 Å². The van der Waals surface area contributed by atoms with Gasteiger partial charge in [0.2, 0.25) is 11.8 Å². The molecule has 3 fully saturated rings. The van der Waals surface area contributed by atoms with Crippen LogP contribution < -0.4 is 5.73 Å². The van der Waals surface area contributed by atoms with E-state index in [2.05, 4.69) is 0 Å². The molecule has 3 aliphatic rings. The van der Waals surface area contributed by atoms with Crippen molar-refractivity contribution in [2.24, 2.45) is 29.4 Å². The summed E-state index contributed by atoms with van der Waals surface area (Å²) < 4.78 is 0. The second-order valence-electron chi connectivity index (χ2n) is 5.71. The zero-order chi connectivity index (χ0) is 12.0. The summed E-state index contributed by atoms with van der Waals surface area (Å²) in [6.45, 7) is 1.22. The number of hydrogen-bond acceptors (Lipinski definition) is 3. The summed E-state index contributed by atoms with van der Waals surface area (Å²) in [5.74, 6) is 1.31. The maximum atomic E-state index is 12.3. The van der Waals surface area contributed by atoms with Crippen molar-refractivity contribution in [3.63, 3.8) is 0 Å². The van der Waals surface area contributed by atoms with E-state index in [4.69, 9.17) is 5.73 Å². The monoisotopic (exact) mass is 236 g/mol. The van der Waals surface area contributed by atoms with Gasteiger partial charge in [0, 0.05) is 6.54 Å². The predicted molar refractivity (Wildman–Crippen MR) is 62.8 cm³/mol. The summed E-state index contributed by atoms with van der Waals surface area (Å²) in [7, 11) is 0. The second kappa shape index (κ2) is 4.09.